The Hall–Kier alpha value is -0.160. The van der Waals surface area contributed by atoms with Crippen molar-refractivity contribution in [2.45, 2.75) is 46.1 Å². The zero-order valence-electron chi connectivity index (χ0n) is 13.7. The van der Waals surface area contributed by atoms with Crippen LogP contribution in [0.1, 0.15) is 40.0 Å². The van der Waals surface area contributed by atoms with E-state index in [0.717, 1.165) is 64.8 Å². The number of nitrogens with zero attached hydrogens (tertiary/aromatic N) is 1. The molecule has 120 valence electrons. The largest absolute Gasteiger partial charge is 0.379 e. The predicted molar refractivity (Wildman–Crippen MR) is 84.2 cm³/mol. The van der Waals surface area contributed by atoms with Crippen LogP contribution >= 0.6 is 0 Å². The Morgan fingerprint density at radius 3 is 2.50 bits per heavy atom. The Morgan fingerprint density at radius 2 is 1.80 bits per heavy atom. The first kappa shape index (κ1) is 17.9. The molecule has 0 aromatic carbocycles. The average Bonchev–Trinajstić information content (AvgIpc) is 2.42. The standard InChI is InChI=1S/C16H34N2O2/c1-15(2)14-16(3)20-11-5-7-17-6-4-8-18-9-12-19-13-10-18/h15-17H,4-14H2,1-3H3. The Balaban J connectivity index is 1.80. The topological polar surface area (TPSA) is 33.7 Å². The second-order valence-electron chi connectivity index (χ2n) is 6.22. The quantitative estimate of drug-likeness (QED) is 0.590. The minimum absolute atomic E-state index is 0.399. The van der Waals surface area contributed by atoms with Crippen LogP contribution in [0.5, 0.6) is 0 Å². The zero-order chi connectivity index (χ0) is 14.6. The highest BCUT2D eigenvalue weighted by atomic mass is 16.5. The second-order valence-corrected chi connectivity index (χ2v) is 6.22. The lowest BCUT2D eigenvalue weighted by molar-refractivity contribution is 0.0373. The molecule has 1 saturated heterocycles. The third kappa shape index (κ3) is 9.70. The van der Waals surface area contributed by atoms with E-state index in [9.17, 15) is 0 Å². The summed E-state index contributed by atoms with van der Waals surface area (Å²) in [4.78, 5) is 2.49. The fraction of sp³-hybridized carbons (Fsp3) is 1.00. The fourth-order valence-corrected chi connectivity index (χ4v) is 2.59. The maximum atomic E-state index is 5.79. The lowest BCUT2D eigenvalue weighted by Gasteiger charge is -2.26. The smallest absolute Gasteiger partial charge is 0.0594 e. The first-order chi connectivity index (χ1) is 9.68. The van der Waals surface area contributed by atoms with Gasteiger partial charge in [-0.2, -0.15) is 0 Å². The van der Waals surface area contributed by atoms with Gasteiger partial charge in [0.2, 0.25) is 0 Å². The molecule has 4 heteroatoms. The average molecular weight is 286 g/mol. The molecule has 0 radical (unpaired) electrons. The molecule has 1 atom stereocenters. The molecule has 20 heavy (non-hydrogen) atoms. The number of rotatable bonds is 11. The van der Waals surface area contributed by atoms with Gasteiger partial charge in [0.1, 0.15) is 0 Å². The van der Waals surface area contributed by atoms with Gasteiger partial charge in [0.15, 0.2) is 0 Å². The number of hydrogen-bond acceptors (Lipinski definition) is 4. The summed E-state index contributed by atoms with van der Waals surface area (Å²) in [5, 5.41) is 3.50. The van der Waals surface area contributed by atoms with Gasteiger partial charge < -0.3 is 14.8 Å². The molecule has 1 aliphatic rings. The summed E-state index contributed by atoms with van der Waals surface area (Å²) in [6.45, 7) is 14.9. The zero-order valence-corrected chi connectivity index (χ0v) is 13.7. The monoisotopic (exact) mass is 286 g/mol. The van der Waals surface area contributed by atoms with Gasteiger partial charge in [-0.3, -0.25) is 4.90 Å². The van der Waals surface area contributed by atoms with Crippen LogP contribution in [0.3, 0.4) is 0 Å². The maximum Gasteiger partial charge on any atom is 0.0594 e. The SMILES string of the molecule is CC(C)CC(C)OCCCNCCCN1CCOCC1. The molecule has 0 aliphatic carbocycles. The third-order valence-corrected chi connectivity index (χ3v) is 3.64. The van der Waals surface area contributed by atoms with Crippen molar-refractivity contribution in [2.75, 3.05) is 52.5 Å². The van der Waals surface area contributed by atoms with Crippen molar-refractivity contribution in [1.29, 1.82) is 0 Å². The molecule has 0 spiro atoms. The minimum Gasteiger partial charge on any atom is -0.379 e. The van der Waals surface area contributed by atoms with Gasteiger partial charge in [0.25, 0.3) is 0 Å². The molecule has 0 saturated carbocycles. The van der Waals surface area contributed by atoms with E-state index in [1.54, 1.807) is 0 Å². The lowest BCUT2D eigenvalue weighted by atomic mass is 10.1. The molecule has 4 nitrogen and oxygen atoms in total. The molecular formula is C16H34N2O2. The molecule has 1 unspecified atom stereocenters. The summed E-state index contributed by atoms with van der Waals surface area (Å²) in [7, 11) is 0. The van der Waals surface area contributed by atoms with Crippen LogP contribution in [0.4, 0.5) is 0 Å². The Kier molecular flexibility index (Phi) is 10.3. The van der Waals surface area contributed by atoms with Crippen molar-refractivity contribution >= 4 is 0 Å². The fourth-order valence-electron chi connectivity index (χ4n) is 2.59. The molecule has 0 aromatic heterocycles. The third-order valence-electron chi connectivity index (χ3n) is 3.64. The van der Waals surface area contributed by atoms with E-state index in [0.29, 0.717) is 6.10 Å². The number of morpholine rings is 1. The maximum absolute atomic E-state index is 5.79. The summed E-state index contributed by atoms with van der Waals surface area (Å²) >= 11 is 0. The van der Waals surface area contributed by atoms with E-state index in [4.69, 9.17) is 9.47 Å². The first-order valence-electron chi connectivity index (χ1n) is 8.31. The normalized spacial score (nSPS) is 18.6. The summed E-state index contributed by atoms with van der Waals surface area (Å²) in [6.07, 6.45) is 3.90. The van der Waals surface area contributed by atoms with Crippen molar-refractivity contribution in [3.8, 4) is 0 Å². The summed E-state index contributed by atoms with van der Waals surface area (Å²) < 4.78 is 11.1. The highest BCUT2D eigenvalue weighted by Crippen LogP contribution is 2.07. The van der Waals surface area contributed by atoms with Gasteiger partial charge in [-0.15, -0.1) is 0 Å². The van der Waals surface area contributed by atoms with Gasteiger partial charge in [0, 0.05) is 19.7 Å². The van der Waals surface area contributed by atoms with Gasteiger partial charge >= 0.3 is 0 Å². The lowest BCUT2D eigenvalue weighted by Crippen LogP contribution is -2.37. The number of nitrogens with one attached hydrogen (secondary N) is 1. The predicted octanol–water partition coefficient (Wildman–Crippen LogP) is 2.14. The highest BCUT2D eigenvalue weighted by molar-refractivity contribution is 4.62. The molecular weight excluding hydrogens is 252 g/mol. The van der Waals surface area contributed by atoms with Gasteiger partial charge in [-0.05, 0) is 51.7 Å². The highest BCUT2D eigenvalue weighted by Gasteiger charge is 2.08. The first-order valence-corrected chi connectivity index (χ1v) is 8.31. The van der Waals surface area contributed by atoms with Crippen molar-refractivity contribution in [3.63, 3.8) is 0 Å². The van der Waals surface area contributed by atoms with Crippen LogP contribution in [-0.2, 0) is 9.47 Å². The summed E-state index contributed by atoms with van der Waals surface area (Å²) in [5.41, 5.74) is 0. The second kappa shape index (κ2) is 11.5. The molecule has 0 aromatic rings. The Labute approximate surface area is 125 Å². The van der Waals surface area contributed by atoms with Crippen LogP contribution in [0.15, 0.2) is 0 Å². The van der Waals surface area contributed by atoms with E-state index in [1.807, 2.05) is 0 Å². The van der Waals surface area contributed by atoms with Crippen LogP contribution in [0.25, 0.3) is 0 Å². The van der Waals surface area contributed by atoms with E-state index in [-0.39, 0.29) is 0 Å². The molecule has 1 fully saturated rings. The number of ether oxygens (including phenoxy) is 2. The van der Waals surface area contributed by atoms with Crippen molar-refractivity contribution in [3.05, 3.63) is 0 Å². The molecule has 1 heterocycles. The van der Waals surface area contributed by atoms with Gasteiger partial charge in [0.05, 0.1) is 19.3 Å². The van der Waals surface area contributed by atoms with Crippen LogP contribution < -0.4 is 5.32 Å². The van der Waals surface area contributed by atoms with Crippen LogP contribution in [0, 0.1) is 5.92 Å². The number of hydrogen-bond donors (Lipinski definition) is 1. The van der Waals surface area contributed by atoms with Crippen molar-refractivity contribution < 1.29 is 9.47 Å². The van der Waals surface area contributed by atoms with Crippen molar-refractivity contribution in [2.24, 2.45) is 5.92 Å². The summed E-state index contributed by atoms with van der Waals surface area (Å²) in [5.74, 6) is 0.725. The van der Waals surface area contributed by atoms with Crippen molar-refractivity contribution in [1.82, 2.24) is 10.2 Å². The Morgan fingerprint density at radius 1 is 1.10 bits per heavy atom. The Bertz CT molecular complexity index is 219. The van der Waals surface area contributed by atoms with Gasteiger partial charge in [-0.1, -0.05) is 13.8 Å². The van der Waals surface area contributed by atoms with Gasteiger partial charge in [-0.25, -0.2) is 0 Å². The van der Waals surface area contributed by atoms with E-state index < -0.39 is 0 Å². The molecule has 0 bridgehead atoms. The van der Waals surface area contributed by atoms with Crippen LogP contribution in [0.2, 0.25) is 0 Å². The molecule has 1 N–H and O–H groups in total. The van der Waals surface area contributed by atoms with Crippen LogP contribution in [-0.4, -0.2) is 63.5 Å². The van der Waals surface area contributed by atoms with E-state index >= 15 is 0 Å². The minimum atomic E-state index is 0.399. The van der Waals surface area contributed by atoms with E-state index in [2.05, 4.69) is 31.0 Å². The molecule has 1 rings (SSSR count). The van der Waals surface area contributed by atoms with E-state index in [1.165, 1.54) is 13.0 Å². The summed E-state index contributed by atoms with van der Waals surface area (Å²) in [6, 6.07) is 0. The molecule has 1 aliphatic heterocycles. The molecule has 0 amide bonds.